The number of likely N-dealkylation sites (tertiary alicyclic amines) is 2. The summed E-state index contributed by atoms with van der Waals surface area (Å²) in [6, 6.07) is 7.45. The van der Waals surface area contributed by atoms with Crippen LogP contribution in [0.3, 0.4) is 0 Å². The van der Waals surface area contributed by atoms with Crippen molar-refractivity contribution in [2.75, 3.05) is 63.1 Å². The van der Waals surface area contributed by atoms with Gasteiger partial charge in [0.25, 0.3) is 5.91 Å². The fraction of sp³-hybridized carbons (Fsp3) is 0.651. The van der Waals surface area contributed by atoms with Crippen LogP contribution in [0.5, 0.6) is 0 Å². The van der Waals surface area contributed by atoms with Crippen LogP contribution < -0.4 is 21.3 Å². The summed E-state index contributed by atoms with van der Waals surface area (Å²) in [7, 11) is 1.82. The largest absolute Gasteiger partial charge is 0.391 e. The van der Waals surface area contributed by atoms with E-state index in [-0.39, 0.29) is 53.9 Å². The van der Waals surface area contributed by atoms with Crippen molar-refractivity contribution in [2.45, 2.75) is 122 Å². The molecule has 1 aromatic carbocycles. The number of hydrogen-bond donors (Lipinski definition) is 4. The summed E-state index contributed by atoms with van der Waals surface area (Å²) < 4.78 is 0. The van der Waals surface area contributed by atoms with Crippen molar-refractivity contribution in [1.29, 1.82) is 0 Å². The molecule has 2 aromatic rings. The van der Waals surface area contributed by atoms with Crippen LogP contribution in [0, 0.1) is 5.41 Å². The first-order chi connectivity index (χ1) is 28.1. The van der Waals surface area contributed by atoms with Crippen LogP contribution in [-0.4, -0.2) is 141 Å². The molecule has 4 fully saturated rings. The Labute approximate surface area is 348 Å². The molecule has 4 aliphatic heterocycles. The van der Waals surface area contributed by atoms with Gasteiger partial charge in [0.1, 0.15) is 11.9 Å². The zero-order valence-electron chi connectivity index (χ0n) is 35.5. The number of anilines is 3. The number of nitrogens with one attached hydrogen (secondary N) is 2. The minimum Gasteiger partial charge on any atom is -0.391 e. The summed E-state index contributed by atoms with van der Waals surface area (Å²) in [5.74, 6) is 0.356. The number of primary amides is 1. The van der Waals surface area contributed by atoms with Gasteiger partial charge >= 0.3 is 6.03 Å². The Balaban J connectivity index is 0.931. The summed E-state index contributed by atoms with van der Waals surface area (Å²) >= 11 is 0. The van der Waals surface area contributed by atoms with Crippen molar-refractivity contribution in [2.24, 2.45) is 11.1 Å². The standard InChI is InChI=1S/C43H64N10O6/c1-28-24-33(54)27-53(28)41(58)38(43(2,3)4)48-35(55)11-7-6-8-12-36(56)50-20-17-30(18-21-50)29-13-15-31(16-14-29)46-40-37(39(44)57)45-25-34(47-40)51-19-9-10-32(26-51)52-23-22-49(5)42(52)59/h13-16,25,28,30,32-33,38,54H,6-12,17-24,26-27H2,1-5H3,(H2,44,57)(H,46,47)(H,48,55)/t28-,32-,33-,38-/m1/s1. The normalized spacial score (nSPS) is 22.2. The first-order valence-corrected chi connectivity index (χ1v) is 21.4. The summed E-state index contributed by atoms with van der Waals surface area (Å²) in [5.41, 5.74) is 7.19. The van der Waals surface area contributed by atoms with E-state index >= 15 is 0 Å². The van der Waals surface area contributed by atoms with E-state index in [1.54, 1.807) is 16.0 Å². The number of hydrogen-bond acceptors (Lipinski definition) is 10. The molecule has 4 saturated heterocycles. The van der Waals surface area contributed by atoms with Crippen molar-refractivity contribution >= 4 is 47.0 Å². The Hall–Kier alpha value is -4.99. The van der Waals surface area contributed by atoms with Crippen LogP contribution in [0.15, 0.2) is 30.5 Å². The Morgan fingerprint density at radius 2 is 1.66 bits per heavy atom. The molecule has 6 rings (SSSR count). The minimum atomic E-state index is -0.677. The van der Waals surface area contributed by atoms with Gasteiger partial charge in [-0.1, -0.05) is 39.3 Å². The lowest BCUT2D eigenvalue weighted by atomic mass is 9.85. The highest BCUT2D eigenvalue weighted by Crippen LogP contribution is 2.31. The minimum absolute atomic E-state index is 0.0533. The van der Waals surface area contributed by atoms with Crippen LogP contribution in [-0.2, 0) is 14.4 Å². The molecule has 16 heteroatoms. The lowest BCUT2D eigenvalue weighted by molar-refractivity contribution is -0.140. The number of likely N-dealkylation sites (N-methyl/N-ethyl adjacent to an activating group) is 1. The van der Waals surface area contributed by atoms with Crippen molar-refractivity contribution in [3.05, 3.63) is 41.7 Å². The highest BCUT2D eigenvalue weighted by molar-refractivity contribution is 5.96. The van der Waals surface area contributed by atoms with E-state index < -0.39 is 23.5 Å². The Morgan fingerprint density at radius 1 is 0.949 bits per heavy atom. The highest BCUT2D eigenvalue weighted by atomic mass is 16.3. The molecule has 1 aromatic heterocycles. The van der Waals surface area contributed by atoms with Gasteiger partial charge in [0, 0.05) is 77.4 Å². The number of unbranched alkanes of at least 4 members (excludes halogenated alkanes) is 2. The van der Waals surface area contributed by atoms with E-state index in [9.17, 15) is 29.1 Å². The second kappa shape index (κ2) is 18.9. The Kier molecular flexibility index (Phi) is 14.0. The number of urea groups is 1. The molecule has 4 aliphatic rings. The molecule has 4 atom stereocenters. The summed E-state index contributed by atoms with van der Waals surface area (Å²) in [6.45, 7) is 12.2. The van der Waals surface area contributed by atoms with E-state index in [2.05, 4.69) is 32.7 Å². The number of amides is 6. The molecule has 0 unspecified atom stereocenters. The van der Waals surface area contributed by atoms with Gasteiger partial charge in [-0.3, -0.25) is 19.2 Å². The zero-order valence-corrected chi connectivity index (χ0v) is 35.5. The molecule has 59 heavy (non-hydrogen) atoms. The predicted molar refractivity (Wildman–Crippen MR) is 225 cm³/mol. The second-order valence-electron chi connectivity index (χ2n) is 18.0. The SMILES string of the molecule is C[C@@H]1C[C@@H](O)CN1C(=O)[C@@H](NC(=O)CCCCCC(=O)N1CCC(c2ccc(Nc3nc(N4CCC[C@@H](N5CCN(C)C5=O)C4)cnc3C(N)=O)cc2)CC1)C(C)(C)C. The number of carbonyl (C=O) groups is 5. The first kappa shape index (κ1) is 43.6. The fourth-order valence-electron chi connectivity index (χ4n) is 8.92. The number of piperidine rings is 2. The lowest BCUT2D eigenvalue weighted by Crippen LogP contribution is -2.55. The molecule has 6 amide bonds. The average molecular weight is 817 g/mol. The van der Waals surface area contributed by atoms with Gasteiger partial charge < -0.3 is 46.0 Å². The van der Waals surface area contributed by atoms with Crippen LogP contribution in [0.4, 0.5) is 22.1 Å². The van der Waals surface area contributed by atoms with E-state index in [0.29, 0.717) is 70.0 Å². The average Bonchev–Trinajstić information content (AvgIpc) is 3.74. The van der Waals surface area contributed by atoms with Crippen molar-refractivity contribution in [1.82, 2.24) is 34.9 Å². The van der Waals surface area contributed by atoms with E-state index in [4.69, 9.17) is 10.7 Å². The number of benzene rings is 1. The van der Waals surface area contributed by atoms with Crippen molar-refractivity contribution < 1.29 is 29.1 Å². The summed E-state index contributed by atoms with van der Waals surface area (Å²) in [4.78, 5) is 82.8. The number of aliphatic hydroxyl groups excluding tert-OH is 1. The van der Waals surface area contributed by atoms with Gasteiger partial charge in [0.2, 0.25) is 17.7 Å². The Morgan fingerprint density at radius 3 is 2.29 bits per heavy atom. The third-order valence-corrected chi connectivity index (χ3v) is 12.4. The topological polar surface area (TPSA) is 198 Å². The number of nitrogens with two attached hydrogens (primary N) is 1. The number of aromatic nitrogens is 2. The maximum Gasteiger partial charge on any atom is 0.320 e. The van der Waals surface area contributed by atoms with Gasteiger partial charge in [-0.25, -0.2) is 14.8 Å². The molecule has 0 aliphatic carbocycles. The number of nitrogens with zero attached hydrogens (tertiary/aromatic N) is 7. The van der Waals surface area contributed by atoms with Crippen LogP contribution >= 0.6 is 0 Å². The Bertz CT molecular complexity index is 1830. The lowest BCUT2D eigenvalue weighted by Gasteiger charge is -2.37. The van der Waals surface area contributed by atoms with Crippen LogP contribution in [0.2, 0.25) is 0 Å². The molecule has 0 bridgehead atoms. The molecule has 16 nitrogen and oxygen atoms in total. The van der Waals surface area contributed by atoms with Crippen molar-refractivity contribution in [3.8, 4) is 0 Å². The number of aliphatic hydroxyl groups is 1. The monoisotopic (exact) mass is 817 g/mol. The maximum atomic E-state index is 13.3. The number of carbonyl (C=O) groups excluding carboxylic acids is 5. The molecule has 5 N–H and O–H groups in total. The summed E-state index contributed by atoms with van der Waals surface area (Å²) in [6.07, 6.45) is 7.95. The second-order valence-corrected chi connectivity index (χ2v) is 18.0. The third-order valence-electron chi connectivity index (χ3n) is 12.4. The van der Waals surface area contributed by atoms with Gasteiger partial charge in [0.15, 0.2) is 11.5 Å². The van der Waals surface area contributed by atoms with E-state index in [0.717, 1.165) is 50.9 Å². The summed E-state index contributed by atoms with van der Waals surface area (Å²) in [5, 5.41) is 16.3. The molecule has 322 valence electrons. The van der Waals surface area contributed by atoms with Crippen molar-refractivity contribution in [3.63, 3.8) is 0 Å². The predicted octanol–water partition coefficient (Wildman–Crippen LogP) is 3.82. The molecule has 0 saturated carbocycles. The van der Waals surface area contributed by atoms with Crippen LogP contribution in [0.25, 0.3) is 0 Å². The quantitative estimate of drug-likeness (QED) is 0.204. The smallest absolute Gasteiger partial charge is 0.320 e. The van der Waals surface area contributed by atoms with E-state index in [1.807, 2.05) is 56.7 Å². The van der Waals surface area contributed by atoms with Crippen LogP contribution in [0.1, 0.15) is 114 Å². The van der Waals surface area contributed by atoms with Gasteiger partial charge in [0.05, 0.1) is 18.3 Å². The molecular formula is C43H64N10O6. The van der Waals surface area contributed by atoms with Gasteiger partial charge in [-0.15, -0.1) is 0 Å². The third kappa shape index (κ3) is 10.8. The number of β-amino-alcohol motifs (C(OH)–C–C–N with tert-alkyl or cyclic N) is 1. The fourth-order valence-corrected chi connectivity index (χ4v) is 8.92. The molecule has 0 spiro atoms. The number of rotatable bonds is 14. The molecular weight excluding hydrogens is 753 g/mol. The first-order valence-electron chi connectivity index (χ1n) is 21.4. The maximum absolute atomic E-state index is 13.3. The van der Waals surface area contributed by atoms with Gasteiger partial charge in [-0.2, -0.15) is 0 Å². The van der Waals surface area contributed by atoms with E-state index in [1.165, 1.54) is 5.56 Å². The molecule has 5 heterocycles. The van der Waals surface area contributed by atoms with Gasteiger partial charge in [-0.05, 0) is 80.9 Å². The molecule has 0 radical (unpaired) electrons. The zero-order chi connectivity index (χ0) is 42.4. The highest BCUT2D eigenvalue weighted by Gasteiger charge is 2.40.